The lowest BCUT2D eigenvalue weighted by molar-refractivity contribution is -0.145. The Balaban J connectivity index is 2.06. The maximum atomic E-state index is 12.0. The lowest BCUT2D eigenvalue weighted by Gasteiger charge is -2.26. The molecule has 4 bridgehead atoms. The number of benzene rings is 2. The number of fused-ring (bicyclic) bond motifs is 4. The number of esters is 1. The first kappa shape index (κ1) is 24.2. The second-order valence-electron chi connectivity index (χ2n) is 10.9. The van der Waals surface area contributed by atoms with Gasteiger partial charge in [0.2, 0.25) is 0 Å². The molecule has 3 rings (SSSR count). The van der Waals surface area contributed by atoms with Crippen LogP contribution in [-0.4, -0.2) is 24.3 Å². The molecule has 0 atom stereocenters. The van der Waals surface area contributed by atoms with Crippen LogP contribution in [0.4, 0.5) is 0 Å². The van der Waals surface area contributed by atoms with Gasteiger partial charge >= 0.3 is 5.97 Å². The number of hydrogen-bond acceptors (Lipinski definition) is 4. The zero-order valence-corrected chi connectivity index (χ0v) is 20.7. The largest absolute Gasteiger partial charge is 0.507 e. The number of hydrogen-bond donors (Lipinski definition) is 1. The lowest BCUT2D eigenvalue weighted by Crippen LogP contribution is -2.19. The first-order valence-electron chi connectivity index (χ1n) is 11.7. The van der Waals surface area contributed by atoms with E-state index in [0.717, 1.165) is 40.8 Å². The zero-order valence-electron chi connectivity index (χ0n) is 20.7. The minimum Gasteiger partial charge on any atom is -0.507 e. The van der Waals surface area contributed by atoms with E-state index in [1.165, 1.54) is 11.1 Å². The first-order chi connectivity index (χ1) is 14.9. The van der Waals surface area contributed by atoms with Crippen LogP contribution in [0.3, 0.4) is 0 Å². The smallest absolute Gasteiger partial charge is 0.344 e. The summed E-state index contributed by atoms with van der Waals surface area (Å²) < 4.78 is 11.1. The summed E-state index contributed by atoms with van der Waals surface area (Å²) in [5, 5.41) is 11.0. The van der Waals surface area contributed by atoms with E-state index >= 15 is 0 Å². The molecule has 2 aromatic rings. The van der Waals surface area contributed by atoms with Crippen LogP contribution < -0.4 is 4.74 Å². The van der Waals surface area contributed by atoms with Crippen LogP contribution in [0.25, 0.3) is 0 Å². The van der Waals surface area contributed by atoms with E-state index in [4.69, 9.17) is 9.47 Å². The molecule has 0 radical (unpaired) electrons. The fraction of sp³-hybridized carbons (Fsp3) is 0.536. The monoisotopic (exact) mass is 438 g/mol. The molecule has 0 saturated heterocycles. The Kier molecular flexibility index (Phi) is 6.92. The third-order valence-electron chi connectivity index (χ3n) is 6.21. The van der Waals surface area contributed by atoms with Crippen molar-refractivity contribution in [2.75, 3.05) is 13.2 Å². The predicted molar refractivity (Wildman–Crippen MR) is 129 cm³/mol. The number of phenolic OH excluding ortho intramolecular Hbond substituents is 1. The summed E-state index contributed by atoms with van der Waals surface area (Å²) in [5.41, 5.74) is 6.66. The van der Waals surface area contributed by atoms with Gasteiger partial charge in [0.05, 0.1) is 6.61 Å². The summed E-state index contributed by atoms with van der Waals surface area (Å²) in [6, 6.07) is 8.70. The normalized spacial score (nSPS) is 14.1. The topological polar surface area (TPSA) is 55.8 Å². The molecular formula is C28H38O4. The van der Waals surface area contributed by atoms with Crippen molar-refractivity contribution in [1.29, 1.82) is 0 Å². The highest BCUT2D eigenvalue weighted by Crippen LogP contribution is 2.38. The summed E-state index contributed by atoms with van der Waals surface area (Å²) in [4.78, 5) is 12.0. The first-order valence-corrected chi connectivity index (χ1v) is 11.7. The highest BCUT2D eigenvalue weighted by molar-refractivity contribution is 5.71. The molecule has 0 amide bonds. The van der Waals surface area contributed by atoms with Gasteiger partial charge < -0.3 is 14.6 Å². The summed E-state index contributed by atoms with van der Waals surface area (Å²) in [6.07, 6.45) is 2.89. The van der Waals surface area contributed by atoms with Gasteiger partial charge in [0.15, 0.2) is 6.61 Å². The van der Waals surface area contributed by atoms with E-state index in [1.54, 1.807) is 6.92 Å². The van der Waals surface area contributed by atoms with Crippen LogP contribution in [-0.2, 0) is 46.0 Å². The predicted octanol–water partition coefficient (Wildman–Crippen LogP) is 5.81. The van der Waals surface area contributed by atoms with E-state index < -0.39 is 0 Å². The van der Waals surface area contributed by atoms with Gasteiger partial charge in [0.25, 0.3) is 0 Å². The molecule has 4 heteroatoms. The van der Waals surface area contributed by atoms with E-state index in [1.807, 2.05) is 0 Å². The quantitative estimate of drug-likeness (QED) is 0.612. The van der Waals surface area contributed by atoms with Crippen molar-refractivity contribution in [3.63, 3.8) is 0 Å². The molecule has 1 aliphatic rings. The molecular weight excluding hydrogens is 400 g/mol. The van der Waals surface area contributed by atoms with Crippen LogP contribution >= 0.6 is 0 Å². The van der Waals surface area contributed by atoms with Gasteiger partial charge in [0, 0.05) is 0 Å². The van der Waals surface area contributed by atoms with Gasteiger partial charge in [0.1, 0.15) is 11.5 Å². The molecule has 0 heterocycles. The molecule has 1 aliphatic carbocycles. The average molecular weight is 439 g/mol. The van der Waals surface area contributed by atoms with Gasteiger partial charge in [-0.1, -0.05) is 65.8 Å². The highest BCUT2D eigenvalue weighted by atomic mass is 16.6. The SMILES string of the molecule is CCOC(=O)COc1c2cc(C(C)(C)C)cc1CCc1cc(C(C)(C)C)cc(c1O)CC2. The standard InChI is InChI=1S/C28H38O4/c1-8-31-24(29)17-32-26-20-11-9-18-13-22(27(2,3)4)14-19(25(18)30)10-12-21(26)16-23(15-20)28(5,6)7/h13-16,30H,8-12,17H2,1-7H3. The molecule has 0 unspecified atom stereocenters. The molecule has 0 fully saturated rings. The molecule has 174 valence electrons. The van der Waals surface area contributed by atoms with Gasteiger partial charge in [-0.05, 0) is 76.8 Å². The second-order valence-corrected chi connectivity index (χ2v) is 10.9. The Morgan fingerprint density at radius 3 is 1.62 bits per heavy atom. The summed E-state index contributed by atoms with van der Waals surface area (Å²) in [6.45, 7) is 15.3. The average Bonchev–Trinajstić information content (AvgIpc) is 2.68. The number of aryl methyl sites for hydroxylation is 4. The van der Waals surface area contributed by atoms with Crippen LogP contribution in [0.1, 0.15) is 81.8 Å². The number of rotatable bonds is 4. The van der Waals surface area contributed by atoms with Crippen LogP contribution in [0, 0.1) is 0 Å². The van der Waals surface area contributed by atoms with E-state index in [0.29, 0.717) is 25.2 Å². The van der Waals surface area contributed by atoms with Crippen LogP contribution in [0.5, 0.6) is 11.5 Å². The lowest BCUT2D eigenvalue weighted by atomic mass is 9.80. The van der Waals surface area contributed by atoms with Gasteiger partial charge in [-0.25, -0.2) is 4.79 Å². The summed E-state index contributed by atoms with van der Waals surface area (Å²) in [5.74, 6) is 0.869. The number of phenols is 1. The van der Waals surface area contributed by atoms with E-state index in [2.05, 4.69) is 65.8 Å². The van der Waals surface area contributed by atoms with Crippen molar-refractivity contribution in [1.82, 2.24) is 0 Å². The summed E-state index contributed by atoms with van der Waals surface area (Å²) >= 11 is 0. The van der Waals surface area contributed by atoms with Crippen molar-refractivity contribution in [2.45, 2.75) is 85.0 Å². The zero-order chi connectivity index (χ0) is 23.7. The Hall–Kier alpha value is -2.49. The molecule has 32 heavy (non-hydrogen) atoms. The third-order valence-corrected chi connectivity index (χ3v) is 6.21. The molecule has 0 spiro atoms. The van der Waals surface area contributed by atoms with E-state index in [9.17, 15) is 9.90 Å². The Morgan fingerprint density at radius 1 is 0.812 bits per heavy atom. The molecule has 0 saturated carbocycles. The summed E-state index contributed by atoms with van der Waals surface area (Å²) in [7, 11) is 0. The molecule has 4 nitrogen and oxygen atoms in total. The molecule has 1 N–H and O–H groups in total. The molecule has 0 aliphatic heterocycles. The number of carbonyl (C=O) groups excluding carboxylic acids is 1. The Labute approximate surface area is 193 Å². The Morgan fingerprint density at radius 2 is 1.22 bits per heavy atom. The second kappa shape index (κ2) is 9.17. The maximum Gasteiger partial charge on any atom is 0.344 e. The van der Waals surface area contributed by atoms with Gasteiger partial charge in [-0.3, -0.25) is 0 Å². The van der Waals surface area contributed by atoms with Crippen LogP contribution in [0.2, 0.25) is 0 Å². The van der Waals surface area contributed by atoms with Gasteiger partial charge in [-0.15, -0.1) is 0 Å². The Bertz CT molecular complexity index is 939. The maximum absolute atomic E-state index is 12.0. The minimum atomic E-state index is -0.353. The van der Waals surface area contributed by atoms with Crippen molar-refractivity contribution >= 4 is 5.97 Å². The molecule has 2 aromatic carbocycles. The minimum absolute atomic E-state index is 0.00312. The van der Waals surface area contributed by atoms with Crippen LogP contribution in [0.15, 0.2) is 24.3 Å². The van der Waals surface area contributed by atoms with Crippen molar-refractivity contribution < 1.29 is 19.4 Å². The number of carbonyl (C=O) groups is 1. The number of aromatic hydroxyl groups is 1. The molecule has 0 aromatic heterocycles. The van der Waals surface area contributed by atoms with Crippen molar-refractivity contribution in [3.05, 3.63) is 57.6 Å². The van der Waals surface area contributed by atoms with Gasteiger partial charge in [-0.2, -0.15) is 0 Å². The van der Waals surface area contributed by atoms with Crippen molar-refractivity contribution in [2.24, 2.45) is 0 Å². The van der Waals surface area contributed by atoms with E-state index in [-0.39, 0.29) is 23.4 Å². The third kappa shape index (κ3) is 5.46. The number of ether oxygens (including phenoxy) is 2. The van der Waals surface area contributed by atoms with Crippen molar-refractivity contribution in [3.8, 4) is 11.5 Å². The fourth-order valence-electron chi connectivity index (χ4n) is 4.19. The fourth-order valence-corrected chi connectivity index (χ4v) is 4.19. The highest BCUT2D eigenvalue weighted by Gasteiger charge is 2.24.